The lowest BCUT2D eigenvalue weighted by Gasteiger charge is -2.36. The molecule has 3 rings (SSSR count). The molecule has 1 amide bonds. The summed E-state index contributed by atoms with van der Waals surface area (Å²) < 4.78 is 16.5. The van der Waals surface area contributed by atoms with Gasteiger partial charge in [0.15, 0.2) is 17.5 Å². The molecule has 8 nitrogen and oxygen atoms in total. The fraction of sp³-hybridized carbons (Fsp3) is 0.579. The summed E-state index contributed by atoms with van der Waals surface area (Å²) in [6.07, 6.45) is -0.298. The fourth-order valence-electron chi connectivity index (χ4n) is 2.97. The van der Waals surface area contributed by atoms with Gasteiger partial charge in [-0.1, -0.05) is 11.6 Å². The van der Waals surface area contributed by atoms with Crippen molar-refractivity contribution in [3.05, 3.63) is 22.7 Å². The first-order valence-corrected chi connectivity index (χ1v) is 9.71. The number of halogens is 2. The van der Waals surface area contributed by atoms with Crippen molar-refractivity contribution in [2.75, 3.05) is 39.4 Å². The highest BCUT2D eigenvalue weighted by molar-refractivity contribution is 14.0. The summed E-state index contributed by atoms with van der Waals surface area (Å²) in [5.41, 5.74) is 6.54. The molecule has 1 aromatic rings. The number of fused-ring (bicyclic) bond motifs is 1. The molecule has 0 atom stereocenters. The Labute approximate surface area is 193 Å². The Balaban J connectivity index is 0.00000300. The maximum Gasteiger partial charge on any atom is 0.410 e. The zero-order chi connectivity index (χ0) is 20.3. The molecule has 162 valence electrons. The number of piperazine rings is 1. The van der Waals surface area contributed by atoms with Crippen molar-refractivity contribution in [2.24, 2.45) is 10.7 Å². The monoisotopic (exact) mass is 538 g/mol. The summed E-state index contributed by atoms with van der Waals surface area (Å²) in [6, 6.07) is 3.68. The van der Waals surface area contributed by atoms with E-state index in [2.05, 4.69) is 4.99 Å². The van der Waals surface area contributed by atoms with Crippen LogP contribution in [0.5, 0.6) is 11.5 Å². The molecule has 0 radical (unpaired) electrons. The van der Waals surface area contributed by atoms with Crippen molar-refractivity contribution in [1.29, 1.82) is 0 Å². The number of guanidine groups is 1. The lowest BCUT2D eigenvalue weighted by molar-refractivity contribution is 0.0186. The van der Waals surface area contributed by atoms with Crippen molar-refractivity contribution in [3.8, 4) is 11.5 Å². The van der Waals surface area contributed by atoms with Gasteiger partial charge in [0, 0.05) is 26.2 Å². The molecular weight excluding hydrogens is 511 g/mol. The Hall–Kier alpha value is -1.62. The van der Waals surface area contributed by atoms with Crippen LogP contribution in [0.4, 0.5) is 4.79 Å². The molecule has 2 heterocycles. The van der Waals surface area contributed by atoms with Gasteiger partial charge in [0.2, 0.25) is 0 Å². The van der Waals surface area contributed by atoms with Crippen LogP contribution in [0, 0.1) is 0 Å². The zero-order valence-electron chi connectivity index (χ0n) is 16.9. The van der Waals surface area contributed by atoms with Gasteiger partial charge in [-0.3, -0.25) is 0 Å². The van der Waals surface area contributed by atoms with Gasteiger partial charge in [-0.2, -0.15) is 0 Å². The van der Waals surface area contributed by atoms with Gasteiger partial charge in [-0.15, -0.1) is 24.0 Å². The minimum absolute atomic E-state index is 0. The number of hydrogen-bond donors (Lipinski definition) is 1. The molecule has 0 aliphatic carbocycles. The van der Waals surface area contributed by atoms with E-state index >= 15 is 0 Å². The summed E-state index contributed by atoms with van der Waals surface area (Å²) in [5, 5.41) is 0.506. The van der Waals surface area contributed by atoms with Gasteiger partial charge in [0.1, 0.15) is 18.8 Å². The molecule has 0 unspecified atom stereocenters. The number of nitrogens with two attached hydrogens (primary N) is 1. The molecule has 1 aromatic carbocycles. The highest BCUT2D eigenvalue weighted by atomic mass is 127. The Morgan fingerprint density at radius 3 is 2.45 bits per heavy atom. The molecule has 2 N–H and O–H groups in total. The molecular formula is C19H28ClIN4O4. The van der Waals surface area contributed by atoms with E-state index in [1.54, 1.807) is 4.90 Å². The second-order valence-corrected chi connectivity index (χ2v) is 8.14. The van der Waals surface area contributed by atoms with E-state index < -0.39 is 5.60 Å². The molecule has 1 saturated heterocycles. The number of aliphatic imine (C=N–C) groups is 1. The number of ether oxygens (including phenoxy) is 3. The number of amides is 1. The topological polar surface area (TPSA) is 89.6 Å². The minimum atomic E-state index is -0.500. The maximum absolute atomic E-state index is 12.1. The van der Waals surface area contributed by atoms with E-state index in [4.69, 9.17) is 31.5 Å². The van der Waals surface area contributed by atoms with Crippen molar-refractivity contribution < 1.29 is 19.0 Å². The Kier molecular flexibility index (Phi) is 8.10. The van der Waals surface area contributed by atoms with E-state index in [1.807, 2.05) is 37.8 Å². The summed E-state index contributed by atoms with van der Waals surface area (Å²) >= 11 is 6.26. The molecule has 2 aliphatic rings. The van der Waals surface area contributed by atoms with Crippen LogP contribution >= 0.6 is 35.6 Å². The largest absolute Gasteiger partial charge is 0.486 e. The molecule has 0 aromatic heterocycles. The van der Waals surface area contributed by atoms with Crippen molar-refractivity contribution in [1.82, 2.24) is 9.80 Å². The summed E-state index contributed by atoms with van der Waals surface area (Å²) in [7, 11) is 0. The lowest BCUT2D eigenvalue weighted by atomic mass is 10.2. The third-order valence-corrected chi connectivity index (χ3v) is 4.62. The molecule has 2 aliphatic heterocycles. The molecule has 29 heavy (non-hydrogen) atoms. The first kappa shape index (κ1) is 23.7. The quantitative estimate of drug-likeness (QED) is 0.354. The first-order valence-electron chi connectivity index (χ1n) is 9.34. The first-order chi connectivity index (χ1) is 13.2. The average molecular weight is 539 g/mol. The van der Waals surface area contributed by atoms with E-state index in [9.17, 15) is 4.79 Å². The van der Waals surface area contributed by atoms with Gasteiger partial charge in [-0.25, -0.2) is 9.79 Å². The van der Waals surface area contributed by atoms with Crippen molar-refractivity contribution >= 4 is 47.6 Å². The van der Waals surface area contributed by atoms with E-state index in [0.717, 1.165) is 5.56 Å². The average Bonchev–Trinajstić information content (AvgIpc) is 2.65. The van der Waals surface area contributed by atoms with Crippen LogP contribution in [0.25, 0.3) is 0 Å². The van der Waals surface area contributed by atoms with Crippen LogP contribution in [-0.2, 0) is 11.3 Å². The third kappa shape index (κ3) is 6.43. The fourth-order valence-corrected chi connectivity index (χ4v) is 3.26. The standard InChI is InChI=1S/C19H27ClN4O4.HI/c1-19(2,3)28-18(25)24-6-4-23(5-7-24)17(21)22-12-13-10-14(20)16-15(11-13)26-8-9-27-16;/h10-11H,4-9,12H2,1-3H3,(H2,21,22);1H. The van der Waals surface area contributed by atoms with Crippen LogP contribution in [0.3, 0.4) is 0 Å². The number of benzene rings is 1. The Bertz CT molecular complexity index is 761. The van der Waals surface area contributed by atoms with Crippen LogP contribution in [-0.4, -0.2) is 66.8 Å². The SMILES string of the molecule is CC(C)(C)OC(=O)N1CCN(C(N)=NCc2cc(Cl)c3c(c2)OCCO3)CC1.I. The summed E-state index contributed by atoms with van der Waals surface area (Å²) in [6.45, 7) is 9.25. The second-order valence-electron chi connectivity index (χ2n) is 7.73. The second kappa shape index (κ2) is 9.92. The predicted molar refractivity (Wildman–Crippen MR) is 123 cm³/mol. The minimum Gasteiger partial charge on any atom is -0.486 e. The van der Waals surface area contributed by atoms with Gasteiger partial charge in [-0.05, 0) is 38.5 Å². The van der Waals surface area contributed by atoms with Gasteiger partial charge in [0.05, 0.1) is 11.6 Å². The summed E-state index contributed by atoms with van der Waals surface area (Å²) in [4.78, 5) is 20.3. The van der Waals surface area contributed by atoms with E-state index in [-0.39, 0.29) is 30.1 Å². The predicted octanol–water partition coefficient (Wildman–Crippen LogP) is 3.10. The maximum atomic E-state index is 12.1. The number of rotatable bonds is 2. The van der Waals surface area contributed by atoms with Crippen molar-refractivity contribution in [3.63, 3.8) is 0 Å². The normalized spacial score (nSPS) is 16.9. The van der Waals surface area contributed by atoms with E-state index in [1.165, 1.54) is 0 Å². The smallest absolute Gasteiger partial charge is 0.410 e. The van der Waals surface area contributed by atoms with Gasteiger partial charge >= 0.3 is 6.09 Å². The van der Waals surface area contributed by atoms with Crippen molar-refractivity contribution in [2.45, 2.75) is 32.9 Å². The Morgan fingerprint density at radius 1 is 1.17 bits per heavy atom. The molecule has 10 heteroatoms. The molecule has 1 fully saturated rings. The lowest BCUT2D eigenvalue weighted by Crippen LogP contribution is -2.53. The van der Waals surface area contributed by atoms with Gasteiger partial charge in [0.25, 0.3) is 0 Å². The van der Waals surface area contributed by atoms with E-state index in [0.29, 0.717) is 68.4 Å². The summed E-state index contributed by atoms with van der Waals surface area (Å²) in [5.74, 6) is 1.65. The molecule has 0 bridgehead atoms. The number of carbonyl (C=O) groups is 1. The number of nitrogens with zero attached hydrogens (tertiary/aromatic N) is 3. The highest BCUT2D eigenvalue weighted by Gasteiger charge is 2.26. The molecule has 0 saturated carbocycles. The molecule has 0 spiro atoms. The van der Waals surface area contributed by atoms with Crippen LogP contribution in [0.15, 0.2) is 17.1 Å². The highest BCUT2D eigenvalue weighted by Crippen LogP contribution is 2.38. The Morgan fingerprint density at radius 2 is 1.79 bits per heavy atom. The van der Waals surface area contributed by atoms with Crippen LogP contribution < -0.4 is 15.2 Å². The van der Waals surface area contributed by atoms with Gasteiger partial charge < -0.3 is 29.7 Å². The zero-order valence-corrected chi connectivity index (χ0v) is 20.0. The van der Waals surface area contributed by atoms with Crippen LogP contribution in [0.1, 0.15) is 26.3 Å². The third-order valence-electron chi connectivity index (χ3n) is 4.34. The number of hydrogen-bond acceptors (Lipinski definition) is 5. The van der Waals surface area contributed by atoms with Crippen LogP contribution in [0.2, 0.25) is 5.02 Å². The number of carbonyl (C=O) groups excluding carboxylic acids is 1.